The third kappa shape index (κ3) is 9.68. The van der Waals surface area contributed by atoms with Gasteiger partial charge in [-0.3, -0.25) is 14.5 Å². The Morgan fingerprint density at radius 3 is 2.29 bits per heavy atom. The van der Waals surface area contributed by atoms with Crippen molar-refractivity contribution in [2.75, 3.05) is 32.1 Å². The first-order chi connectivity index (χ1) is 24.3. The summed E-state index contributed by atoms with van der Waals surface area (Å²) in [7, 11) is 1.98. The molecule has 0 spiro atoms. The number of nitrogens with zero attached hydrogens (tertiary/aromatic N) is 2. The van der Waals surface area contributed by atoms with Crippen molar-refractivity contribution in [3.05, 3.63) is 125 Å². The number of ether oxygens (including phenoxy) is 2. The molecular weight excluding hydrogens is 659 g/mol. The number of anilines is 1. The van der Waals surface area contributed by atoms with Crippen LogP contribution < -0.4 is 14.8 Å². The summed E-state index contributed by atoms with van der Waals surface area (Å²) in [5.41, 5.74) is 2.27. The minimum Gasteiger partial charge on any atom is -0.486 e. The fourth-order valence-electron chi connectivity index (χ4n) is 6.10. The molecule has 51 heavy (non-hydrogen) atoms. The van der Waals surface area contributed by atoms with Crippen LogP contribution in [0.15, 0.2) is 97.1 Å². The Morgan fingerprint density at radius 1 is 0.980 bits per heavy atom. The van der Waals surface area contributed by atoms with Gasteiger partial charge in [0, 0.05) is 25.6 Å². The zero-order valence-corrected chi connectivity index (χ0v) is 29.2. The second-order valence-corrected chi connectivity index (χ2v) is 13.2. The molecule has 8 nitrogen and oxygen atoms in total. The van der Waals surface area contributed by atoms with Crippen molar-refractivity contribution in [1.29, 1.82) is 0 Å². The van der Waals surface area contributed by atoms with Gasteiger partial charge in [0.05, 0.1) is 35.9 Å². The normalized spacial score (nSPS) is 17.5. The lowest BCUT2D eigenvalue weighted by Gasteiger charge is -2.38. The van der Waals surface area contributed by atoms with Gasteiger partial charge in [0.25, 0.3) is 5.91 Å². The summed E-state index contributed by atoms with van der Waals surface area (Å²) in [4.78, 5) is 30.7. The van der Waals surface area contributed by atoms with Crippen LogP contribution in [0, 0.1) is 5.92 Å². The predicted molar refractivity (Wildman–Crippen MR) is 190 cm³/mol. The number of alkyl halides is 3. The first-order valence-electron chi connectivity index (χ1n) is 17.0. The van der Waals surface area contributed by atoms with Crippen molar-refractivity contribution in [3.63, 3.8) is 0 Å². The fraction of sp³-hybridized carbons (Fsp3) is 0.350. The minimum absolute atomic E-state index is 0.0972. The molecule has 0 aliphatic carbocycles. The number of aliphatic hydroxyl groups excluding tert-OH is 1. The SMILES string of the molecule is CC(Oc1ccc(CN(C)C[C@H]2Oc3c(NC(=O)Cc4ccc(C(F)(F)F)cc4)cccc3C(=O)N([C@@H](C)CO)C[C@H]2C)cc1)c1ccccc1. The number of benzene rings is 4. The van der Waals surface area contributed by atoms with Crippen LogP contribution in [0.4, 0.5) is 18.9 Å². The van der Waals surface area contributed by atoms with Crippen LogP contribution in [0.25, 0.3) is 0 Å². The lowest BCUT2D eigenvalue weighted by atomic mass is 9.98. The van der Waals surface area contributed by atoms with Gasteiger partial charge in [-0.25, -0.2) is 0 Å². The number of aliphatic hydroxyl groups is 1. The summed E-state index contributed by atoms with van der Waals surface area (Å²) in [6.45, 7) is 6.97. The van der Waals surface area contributed by atoms with E-state index in [1.54, 1.807) is 30.0 Å². The Morgan fingerprint density at radius 2 is 1.65 bits per heavy atom. The number of hydrogen-bond acceptors (Lipinski definition) is 6. The van der Waals surface area contributed by atoms with Gasteiger partial charge in [-0.15, -0.1) is 0 Å². The first-order valence-corrected chi connectivity index (χ1v) is 17.0. The van der Waals surface area contributed by atoms with E-state index in [1.165, 1.54) is 12.1 Å². The number of hydrogen-bond donors (Lipinski definition) is 2. The van der Waals surface area contributed by atoms with E-state index in [-0.39, 0.29) is 48.0 Å². The van der Waals surface area contributed by atoms with Crippen molar-refractivity contribution in [2.45, 2.75) is 58.2 Å². The zero-order valence-electron chi connectivity index (χ0n) is 29.2. The molecule has 0 bridgehead atoms. The number of amides is 2. The molecule has 1 heterocycles. The molecule has 0 radical (unpaired) electrons. The van der Waals surface area contributed by atoms with Crippen LogP contribution in [-0.4, -0.2) is 65.6 Å². The van der Waals surface area contributed by atoms with Crippen LogP contribution in [0.1, 0.15) is 59.5 Å². The molecular formula is C40H44F3N3O5. The average molecular weight is 704 g/mol. The number of carbonyl (C=O) groups excluding carboxylic acids is 2. The van der Waals surface area contributed by atoms with Crippen molar-refractivity contribution in [3.8, 4) is 11.5 Å². The van der Waals surface area contributed by atoms with Crippen molar-refractivity contribution in [2.24, 2.45) is 5.92 Å². The Labute approximate surface area is 296 Å². The molecule has 1 unspecified atom stereocenters. The van der Waals surface area contributed by atoms with Crippen molar-refractivity contribution < 1.29 is 37.3 Å². The molecule has 270 valence electrons. The van der Waals surface area contributed by atoms with Crippen LogP contribution in [-0.2, 0) is 23.9 Å². The third-order valence-corrected chi connectivity index (χ3v) is 9.06. The smallest absolute Gasteiger partial charge is 0.416 e. The molecule has 2 N–H and O–H groups in total. The topological polar surface area (TPSA) is 91.3 Å². The first kappa shape index (κ1) is 37.4. The Kier molecular flexibility index (Phi) is 12.0. The third-order valence-electron chi connectivity index (χ3n) is 9.06. The average Bonchev–Trinajstić information content (AvgIpc) is 3.10. The highest BCUT2D eigenvalue weighted by Gasteiger charge is 2.35. The van der Waals surface area contributed by atoms with E-state index >= 15 is 0 Å². The van der Waals surface area contributed by atoms with Crippen LogP contribution >= 0.6 is 0 Å². The highest BCUT2D eigenvalue weighted by molar-refractivity contribution is 6.02. The van der Waals surface area contributed by atoms with Crippen molar-refractivity contribution >= 4 is 17.5 Å². The van der Waals surface area contributed by atoms with Crippen LogP contribution in [0.5, 0.6) is 11.5 Å². The number of nitrogens with one attached hydrogen (secondary N) is 1. The summed E-state index contributed by atoms with van der Waals surface area (Å²) < 4.78 is 51.8. The summed E-state index contributed by atoms with van der Waals surface area (Å²) >= 11 is 0. The summed E-state index contributed by atoms with van der Waals surface area (Å²) in [5.74, 6) is -0.00816. The van der Waals surface area contributed by atoms with Gasteiger partial charge in [-0.05, 0) is 74.0 Å². The molecule has 4 atom stereocenters. The molecule has 4 aromatic carbocycles. The molecule has 1 aliphatic heterocycles. The van der Waals surface area contributed by atoms with Gasteiger partial charge in [0.2, 0.25) is 5.91 Å². The van der Waals surface area contributed by atoms with E-state index in [9.17, 15) is 27.9 Å². The van der Waals surface area contributed by atoms with Gasteiger partial charge in [-0.1, -0.05) is 67.6 Å². The predicted octanol–water partition coefficient (Wildman–Crippen LogP) is 7.38. The number of rotatable bonds is 12. The molecule has 2 amide bonds. The molecule has 0 saturated carbocycles. The number of likely N-dealkylation sites (N-methyl/N-ethyl adjacent to an activating group) is 1. The van der Waals surface area contributed by atoms with Crippen molar-refractivity contribution in [1.82, 2.24) is 9.80 Å². The lowest BCUT2D eigenvalue weighted by molar-refractivity contribution is -0.137. The molecule has 0 aromatic heterocycles. The maximum absolute atomic E-state index is 13.8. The number of halogens is 3. The van der Waals surface area contributed by atoms with Gasteiger partial charge < -0.3 is 24.8 Å². The maximum Gasteiger partial charge on any atom is 0.416 e. The van der Waals surface area contributed by atoms with Gasteiger partial charge >= 0.3 is 6.18 Å². The van der Waals surface area contributed by atoms with Crippen LogP contribution in [0.3, 0.4) is 0 Å². The van der Waals surface area contributed by atoms with Crippen LogP contribution in [0.2, 0.25) is 0 Å². The molecule has 5 rings (SSSR count). The van der Waals surface area contributed by atoms with E-state index in [4.69, 9.17) is 9.47 Å². The van der Waals surface area contributed by atoms with E-state index in [2.05, 4.69) is 10.2 Å². The standard InChI is InChI=1S/C40H44F3N3O5/c1-26-22-46(27(2)25-47)39(49)34-11-8-12-35(44-37(48)21-29-13-17-32(18-14-29)40(41,42)43)38(34)51-36(26)24-45(4)23-30-15-19-33(20-16-30)50-28(3)31-9-6-5-7-10-31/h5-20,26-28,36,47H,21-25H2,1-4H3,(H,44,48)/t26-,27+,28?,36-/m1/s1. The zero-order chi connectivity index (χ0) is 36.7. The molecule has 4 aromatic rings. The number of fused-ring (bicyclic) bond motifs is 1. The monoisotopic (exact) mass is 703 g/mol. The Balaban J connectivity index is 1.32. The largest absolute Gasteiger partial charge is 0.486 e. The summed E-state index contributed by atoms with van der Waals surface area (Å²) in [6.07, 6.45) is -5.17. The summed E-state index contributed by atoms with van der Waals surface area (Å²) in [6, 6.07) is 26.8. The second kappa shape index (κ2) is 16.4. The van der Waals surface area contributed by atoms with E-state index in [0.29, 0.717) is 25.2 Å². The maximum atomic E-state index is 13.8. The lowest BCUT2D eigenvalue weighted by Crippen LogP contribution is -2.49. The molecule has 11 heteroatoms. The minimum atomic E-state index is -4.48. The fourth-order valence-corrected chi connectivity index (χ4v) is 6.10. The Bertz CT molecular complexity index is 1770. The highest BCUT2D eigenvalue weighted by Crippen LogP contribution is 2.35. The summed E-state index contributed by atoms with van der Waals surface area (Å²) in [5, 5.41) is 12.8. The van der Waals surface area contributed by atoms with E-state index < -0.39 is 29.8 Å². The van der Waals surface area contributed by atoms with E-state index in [0.717, 1.165) is 29.0 Å². The Hall–Kier alpha value is -4.87. The quantitative estimate of drug-likeness (QED) is 0.160. The molecule has 0 fully saturated rings. The number of carbonyl (C=O) groups is 2. The second-order valence-electron chi connectivity index (χ2n) is 13.2. The van der Waals surface area contributed by atoms with E-state index in [1.807, 2.05) is 75.5 Å². The highest BCUT2D eigenvalue weighted by atomic mass is 19.4. The molecule has 0 saturated heterocycles. The van der Waals surface area contributed by atoms with Gasteiger partial charge in [0.1, 0.15) is 18.0 Å². The number of para-hydroxylation sites is 1. The molecule has 1 aliphatic rings. The van der Waals surface area contributed by atoms with Gasteiger partial charge in [-0.2, -0.15) is 13.2 Å². The van der Waals surface area contributed by atoms with Gasteiger partial charge in [0.15, 0.2) is 5.75 Å².